The van der Waals surface area contributed by atoms with Gasteiger partial charge in [0.1, 0.15) is 23.0 Å². The van der Waals surface area contributed by atoms with Crippen LogP contribution in [0, 0.1) is 0 Å². The molecule has 0 saturated carbocycles. The van der Waals surface area contributed by atoms with E-state index in [-0.39, 0.29) is 34.4 Å². The third-order valence-electron chi connectivity index (χ3n) is 3.87. The minimum Gasteiger partial charge on any atom is -0.503 e. The summed E-state index contributed by atoms with van der Waals surface area (Å²) in [7, 11) is 2.84. The van der Waals surface area contributed by atoms with Crippen molar-refractivity contribution in [1.82, 2.24) is 0 Å². The molecule has 3 aromatic rings. The average molecular weight is 384 g/mol. The number of anilines is 2. The zero-order chi connectivity index (χ0) is 20.3. The van der Waals surface area contributed by atoms with Crippen molar-refractivity contribution in [2.24, 2.45) is 0 Å². The first-order valence-electron chi connectivity index (χ1n) is 8.20. The second-order valence-electron chi connectivity index (χ2n) is 5.81. The predicted molar refractivity (Wildman–Crippen MR) is 105 cm³/mol. The van der Waals surface area contributed by atoms with Crippen molar-refractivity contribution in [3.63, 3.8) is 0 Å². The number of phenolic OH excluding ortho intramolecular Hbond substituents is 2. The topological polar surface area (TPSA) is 129 Å². The molecule has 0 bridgehead atoms. The molecule has 0 spiro atoms. The van der Waals surface area contributed by atoms with Crippen LogP contribution in [0.25, 0.3) is 0 Å². The number of methoxy groups -OCH3 is 2. The maximum absolute atomic E-state index is 9.82. The smallest absolute Gasteiger partial charge is 0.181 e. The molecule has 3 aromatic carbocycles. The molecule has 8 nitrogen and oxygen atoms in total. The Labute approximate surface area is 161 Å². The highest BCUT2D eigenvalue weighted by atomic mass is 16.5. The Balaban J connectivity index is 1.84. The average Bonchev–Trinajstić information content (AvgIpc) is 2.67. The molecule has 0 unspecified atom stereocenters. The van der Waals surface area contributed by atoms with Gasteiger partial charge in [-0.05, 0) is 12.1 Å². The zero-order valence-electron chi connectivity index (χ0n) is 15.3. The van der Waals surface area contributed by atoms with Crippen LogP contribution in [0.4, 0.5) is 11.4 Å². The lowest BCUT2D eigenvalue weighted by Crippen LogP contribution is -1.94. The van der Waals surface area contributed by atoms with Gasteiger partial charge < -0.3 is 40.6 Å². The van der Waals surface area contributed by atoms with Gasteiger partial charge in [0.2, 0.25) is 0 Å². The first kappa shape index (κ1) is 18.8. The molecule has 3 rings (SSSR count). The Morgan fingerprint density at radius 1 is 0.643 bits per heavy atom. The Morgan fingerprint density at radius 2 is 1.07 bits per heavy atom. The van der Waals surface area contributed by atoms with Crippen LogP contribution in [0.15, 0.2) is 48.5 Å². The fourth-order valence-electron chi connectivity index (χ4n) is 2.51. The Morgan fingerprint density at radius 3 is 1.46 bits per heavy atom. The molecule has 0 saturated heterocycles. The largest absolute Gasteiger partial charge is 0.503 e. The summed E-state index contributed by atoms with van der Waals surface area (Å²) in [5, 5.41) is 19.6. The molecule has 0 heterocycles. The van der Waals surface area contributed by atoms with E-state index in [9.17, 15) is 10.2 Å². The van der Waals surface area contributed by atoms with Gasteiger partial charge in [-0.1, -0.05) is 6.07 Å². The first-order valence-corrected chi connectivity index (χ1v) is 8.20. The fourth-order valence-corrected chi connectivity index (χ4v) is 2.51. The summed E-state index contributed by atoms with van der Waals surface area (Å²) in [6.07, 6.45) is 0. The van der Waals surface area contributed by atoms with E-state index in [2.05, 4.69) is 0 Å². The number of ether oxygens (including phenoxy) is 4. The van der Waals surface area contributed by atoms with Crippen LogP contribution >= 0.6 is 0 Å². The number of rotatable bonds is 6. The Bertz CT molecular complexity index is 929. The van der Waals surface area contributed by atoms with Crippen molar-refractivity contribution in [1.29, 1.82) is 0 Å². The maximum Gasteiger partial charge on any atom is 0.181 e. The fraction of sp³-hybridized carbons (Fsp3) is 0.100. The molecule has 6 N–H and O–H groups in total. The lowest BCUT2D eigenvalue weighted by molar-refractivity contribution is 0.370. The highest BCUT2D eigenvalue weighted by Gasteiger charge is 2.12. The summed E-state index contributed by atoms with van der Waals surface area (Å²) in [6, 6.07) is 12.9. The quantitative estimate of drug-likeness (QED) is 0.372. The van der Waals surface area contributed by atoms with Crippen molar-refractivity contribution in [3.05, 3.63) is 48.5 Å². The Hall–Kier alpha value is -3.94. The number of nitrogen functional groups attached to an aromatic ring is 2. The summed E-state index contributed by atoms with van der Waals surface area (Å²) in [5.41, 5.74) is 11.8. The van der Waals surface area contributed by atoms with Crippen LogP contribution in [0.2, 0.25) is 0 Å². The standard InChI is InChI=1S/C20H20N2O6/c1-25-17-9-13(7-15(21)19(17)23)27-11-4-3-5-12(6-11)28-14-8-16(22)20(24)18(10-14)26-2/h3-10,23-24H,21-22H2,1-2H3. The number of aromatic hydroxyl groups is 2. The Kier molecular flexibility index (Phi) is 5.21. The SMILES string of the molecule is COc1cc(Oc2cccc(Oc3cc(N)c(O)c(OC)c3)c2)cc(N)c1O. The van der Waals surface area contributed by atoms with Crippen LogP contribution < -0.4 is 30.4 Å². The van der Waals surface area contributed by atoms with Crippen molar-refractivity contribution in [3.8, 4) is 46.0 Å². The molecular weight excluding hydrogens is 364 g/mol. The summed E-state index contributed by atoms with van der Waals surface area (Å²) in [5.74, 6) is 1.84. The van der Waals surface area contributed by atoms with E-state index in [0.29, 0.717) is 23.0 Å². The number of hydrogen-bond acceptors (Lipinski definition) is 8. The van der Waals surface area contributed by atoms with Crippen molar-refractivity contribution < 1.29 is 29.2 Å². The number of hydrogen-bond donors (Lipinski definition) is 4. The molecule has 0 aliphatic rings. The van der Waals surface area contributed by atoms with E-state index >= 15 is 0 Å². The maximum atomic E-state index is 9.82. The first-order chi connectivity index (χ1) is 13.4. The molecule has 0 atom stereocenters. The van der Waals surface area contributed by atoms with Crippen molar-refractivity contribution in [2.75, 3.05) is 25.7 Å². The van der Waals surface area contributed by atoms with E-state index < -0.39 is 0 Å². The molecule has 0 aliphatic heterocycles. The monoisotopic (exact) mass is 384 g/mol. The van der Waals surface area contributed by atoms with Gasteiger partial charge >= 0.3 is 0 Å². The van der Waals surface area contributed by atoms with Gasteiger partial charge in [0.15, 0.2) is 23.0 Å². The van der Waals surface area contributed by atoms with E-state index in [1.807, 2.05) is 0 Å². The van der Waals surface area contributed by atoms with Crippen LogP contribution in [0.1, 0.15) is 0 Å². The highest BCUT2D eigenvalue weighted by molar-refractivity contribution is 5.64. The second-order valence-corrected chi connectivity index (χ2v) is 5.81. The molecular formula is C20H20N2O6. The second kappa shape index (κ2) is 7.75. The molecule has 146 valence electrons. The van der Waals surface area contributed by atoms with Gasteiger partial charge in [0, 0.05) is 30.3 Å². The van der Waals surface area contributed by atoms with Gasteiger partial charge in [-0.2, -0.15) is 0 Å². The molecule has 0 aliphatic carbocycles. The summed E-state index contributed by atoms with van der Waals surface area (Å²) in [6.45, 7) is 0. The van der Waals surface area contributed by atoms with E-state index in [0.717, 1.165) is 0 Å². The van der Waals surface area contributed by atoms with Gasteiger partial charge in [0.25, 0.3) is 0 Å². The number of nitrogens with two attached hydrogens (primary N) is 2. The highest BCUT2D eigenvalue weighted by Crippen LogP contribution is 2.40. The molecule has 0 aromatic heterocycles. The third-order valence-corrected chi connectivity index (χ3v) is 3.87. The van der Waals surface area contributed by atoms with Crippen molar-refractivity contribution >= 4 is 11.4 Å². The van der Waals surface area contributed by atoms with Crippen LogP contribution in [-0.4, -0.2) is 24.4 Å². The van der Waals surface area contributed by atoms with E-state index in [4.69, 9.17) is 30.4 Å². The minimum atomic E-state index is -0.147. The number of phenols is 2. The summed E-state index contributed by atoms with van der Waals surface area (Å²) >= 11 is 0. The van der Waals surface area contributed by atoms with Crippen LogP contribution in [-0.2, 0) is 0 Å². The predicted octanol–water partition coefficient (Wildman–Crippen LogP) is 3.86. The van der Waals surface area contributed by atoms with E-state index in [1.165, 1.54) is 38.5 Å². The molecule has 0 amide bonds. The van der Waals surface area contributed by atoms with Gasteiger partial charge in [-0.25, -0.2) is 0 Å². The molecule has 0 fully saturated rings. The summed E-state index contributed by atoms with van der Waals surface area (Å²) < 4.78 is 21.7. The molecule has 28 heavy (non-hydrogen) atoms. The zero-order valence-corrected chi connectivity index (χ0v) is 15.3. The summed E-state index contributed by atoms with van der Waals surface area (Å²) in [4.78, 5) is 0. The minimum absolute atomic E-state index is 0.133. The lowest BCUT2D eigenvalue weighted by Gasteiger charge is -2.13. The lowest BCUT2D eigenvalue weighted by atomic mass is 10.2. The molecule has 8 heteroatoms. The third kappa shape index (κ3) is 3.90. The number of benzene rings is 3. The van der Waals surface area contributed by atoms with Gasteiger partial charge in [0.05, 0.1) is 25.6 Å². The molecule has 0 radical (unpaired) electrons. The van der Waals surface area contributed by atoms with Gasteiger partial charge in [-0.15, -0.1) is 0 Å². The van der Waals surface area contributed by atoms with Gasteiger partial charge in [-0.3, -0.25) is 0 Å². The van der Waals surface area contributed by atoms with Crippen molar-refractivity contribution in [2.45, 2.75) is 0 Å². The normalized spacial score (nSPS) is 10.4. The van der Waals surface area contributed by atoms with E-state index in [1.54, 1.807) is 24.3 Å². The van der Waals surface area contributed by atoms with Crippen LogP contribution in [0.5, 0.6) is 46.0 Å². The van der Waals surface area contributed by atoms with Crippen LogP contribution in [0.3, 0.4) is 0 Å².